The molecule has 0 aromatic rings. The van der Waals surface area contributed by atoms with Crippen LogP contribution in [-0.2, 0) is 19.2 Å². The van der Waals surface area contributed by atoms with Crippen LogP contribution in [0.15, 0.2) is 0 Å². The topological polar surface area (TPSA) is 116 Å². The van der Waals surface area contributed by atoms with Gasteiger partial charge in [0, 0.05) is 34.7 Å². The summed E-state index contributed by atoms with van der Waals surface area (Å²) in [4.78, 5) is 56.9. The van der Waals surface area contributed by atoms with Gasteiger partial charge in [-0.2, -0.15) is 0 Å². The molecule has 9 heteroatoms. The van der Waals surface area contributed by atoms with Crippen molar-refractivity contribution in [1.29, 1.82) is 0 Å². The lowest BCUT2D eigenvalue weighted by atomic mass is 9.59. The fourth-order valence-corrected chi connectivity index (χ4v) is 5.68. The molecule has 2 saturated carbocycles. The molecule has 0 saturated heterocycles. The third kappa shape index (κ3) is 5.86. The Morgan fingerprint density at radius 1 is 1.00 bits per heavy atom. The van der Waals surface area contributed by atoms with E-state index in [4.69, 9.17) is 5.73 Å². The summed E-state index contributed by atoms with van der Waals surface area (Å²) in [6.07, 6.45) is 4.70. The summed E-state index contributed by atoms with van der Waals surface area (Å²) in [5.41, 5.74) is 5.50. The Morgan fingerprint density at radius 2 is 1.55 bits per heavy atom. The molecule has 0 aromatic carbocycles. The van der Waals surface area contributed by atoms with Crippen molar-refractivity contribution in [2.24, 2.45) is 17.1 Å². The normalized spacial score (nSPS) is 20.8. The minimum absolute atomic E-state index is 0.00463. The zero-order chi connectivity index (χ0) is 25.1. The predicted octanol–water partition coefficient (Wildman–Crippen LogP) is 0.963. The molecule has 2 aliphatic rings. The molecule has 2 fully saturated rings. The van der Waals surface area contributed by atoms with Crippen molar-refractivity contribution < 1.29 is 19.2 Å². The summed E-state index contributed by atoms with van der Waals surface area (Å²) in [6, 6.07) is -1.65. The van der Waals surface area contributed by atoms with Crippen molar-refractivity contribution >= 4 is 23.6 Å². The molecule has 0 radical (unpaired) electrons. The summed E-state index contributed by atoms with van der Waals surface area (Å²) in [6.45, 7) is 6.46. The van der Waals surface area contributed by atoms with Crippen molar-refractivity contribution in [3.05, 3.63) is 0 Å². The van der Waals surface area contributed by atoms with Crippen LogP contribution in [0, 0.1) is 11.3 Å². The van der Waals surface area contributed by atoms with Crippen LogP contribution in [0.2, 0.25) is 0 Å². The fourth-order valence-electron chi connectivity index (χ4n) is 5.68. The highest BCUT2D eigenvalue weighted by atomic mass is 16.2. The Bertz CT molecular complexity index is 754. The number of carbonyl (C=O) groups excluding carboxylic acids is 4. The van der Waals surface area contributed by atoms with Gasteiger partial charge in [0.15, 0.2) is 0 Å². The first-order valence-corrected chi connectivity index (χ1v) is 12.1. The molecule has 0 spiro atoms. The van der Waals surface area contributed by atoms with Gasteiger partial charge in [-0.25, -0.2) is 0 Å². The summed E-state index contributed by atoms with van der Waals surface area (Å²) in [5.74, 6) is -1.15. The number of carbonyl (C=O) groups is 4. The molecule has 2 atom stereocenters. The number of hydrogen-bond acceptors (Lipinski definition) is 5. The zero-order valence-electron chi connectivity index (χ0n) is 21.4. The molecule has 0 aromatic heterocycles. The molecule has 33 heavy (non-hydrogen) atoms. The van der Waals surface area contributed by atoms with Gasteiger partial charge in [0.25, 0.3) is 0 Å². The van der Waals surface area contributed by atoms with Crippen LogP contribution < -0.4 is 11.1 Å². The summed E-state index contributed by atoms with van der Waals surface area (Å²) in [7, 11) is 6.37. The molecule has 0 aliphatic heterocycles. The van der Waals surface area contributed by atoms with Gasteiger partial charge >= 0.3 is 0 Å². The van der Waals surface area contributed by atoms with Gasteiger partial charge in [0.2, 0.25) is 23.6 Å². The van der Waals surface area contributed by atoms with E-state index < -0.39 is 17.6 Å². The van der Waals surface area contributed by atoms with E-state index in [-0.39, 0.29) is 41.4 Å². The number of nitrogens with zero attached hydrogens (tertiary/aromatic N) is 3. The lowest BCUT2D eigenvalue weighted by molar-refractivity contribution is -0.157. The van der Waals surface area contributed by atoms with Gasteiger partial charge in [-0.3, -0.25) is 19.2 Å². The van der Waals surface area contributed by atoms with E-state index in [9.17, 15) is 19.2 Å². The number of nitrogens with one attached hydrogen (secondary N) is 1. The van der Waals surface area contributed by atoms with Crippen molar-refractivity contribution in [1.82, 2.24) is 20.0 Å². The van der Waals surface area contributed by atoms with Gasteiger partial charge in [0.05, 0.1) is 12.0 Å². The van der Waals surface area contributed by atoms with Crippen LogP contribution in [0.1, 0.15) is 65.7 Å². The summed E-state index contributed by atoms with van der Waals surface area (Å²) >= 11 is 0. The quantitative estimate of drug-likeness (QED) is 0.526. The molecule has 2 aliphatic carbocycles. The second-order valence-electron chi connectivity index (χ2n) is 10.8. The Morgan fingerprint density at radius 3 is 2.00 bits per heavy atom. The highest BCUT2D eigenvalue weighted by molar-refractivity contribution is 5.96. The van der Waals surface area contributed by atoms with Crippen LogP contribution in [-0.4, -0.2) is 90.7 Å². The Hall–Kier alpha value is -2.16. The van der Waals surface area contributed by atoms with Crippen molar-refractivity contribution in [3.63, 3.8) is 0 Å². The van der Waals surface area contributed by atoms with E-state index in [1.807, 2.05) is 6.92 Å². The average molecular weight is 466 g/mol. The Labute approximate surface area is 198 Å². The number of amides is 4. The first kappa shape index (κ1) is 27.1. The van der Waals surface area contributed by atoms with Crippen LogP contribution >= 0.6 is 0 Å². The summed E-state index contributed by atoms with van der Waals surface area (Å²) < 4.78 is 0. The molecule has 4 amide bonds. The van der Waals surface area contributed by atoms with Crippen molar-refractivity contribution in [2.45, 2.75) is 83.3 Å². The second-order valence-corrected chi connectivity index (χ2v) is 10.8. The fraction of sp³-hybridized carbons (Fsp3) is 0.833. The molecule has 2 rings (SSSR count). The van der Waals surface area contributed by atoms with E-state index in [0.717, 1.165) is 25.7 Å². The van der Waals surface area contributed by atoms with E-state index in [2.05, 4.69) is 19.2 Å². The average Bonchev–Trinajstić information content (AvgIpc) is 3.27. The van der Waals surface area contributed by atoms with E-state index in [1.54, 1.807) is 21.1 Å². The largest absolute Gasteiger partial charge is 0.359 e. The Balaban J connectivity index is 2.33. The molecule has 0 bridgehead atoms. The van der Waals surface area contributed by atoms with Gasteiger partial charge in [-0.15, -0.1) is 0 Å². The van der Waals surface area contributed by atoms with Crippen LogP contribution in [0.3, 0.4) is 0 Å². The first-order valence-electron chi connectivity index (χ1n) is 12.1. The first-order chi connectivity index (χ1) is 15.3. The standard InChI is InChI=1S/C24H43N5O4/c1-8-27(5)20(31)17(13-18(30)26-4)28(6)21(32)19(16-11-9-10-12-16)29(7)22(33)24(25)14-23(2,3)15-24/h16-17,19H,8-15,25H2,1-7H3,(H,26,30)/t17-,19-/m0/s1. The van der Waals surface area contributed by atoms with Gasteiger partial charge < -0.3 is 25.8 Å². The molecule has 0 heterocycles. The van der Waals surface area contributed by atoms with Crippen LogP contribution in [0.25, 0.3) is 0 Å². The van der Waals surface area contributed by atoms with Crippen LogP contribution in [0.4, 0.5) is 0 Å². The van der Waals surface area contributed by atoms with Gasteiger partial charge in [-0.05, 0) is 43.9 Å². The molecular formula is C24H43N5O4. The molecule has 0 unspecified atom stereocenters. The predicted molar refractivity (Wildman–Crippen MR) is 127 cm³/mol. The van der Waals surface area contributed by atoms with Gasteiger partial charge in [0.1, 0.15) is 12.1 Å². The summed E-state index contributed by atoms with van der Waals surface area (Å²) in [5, 5.41) is 2.54. The van der Waals surface area contributed by atoms with Gasteiger partial charge in [-0.1, -0.05) is 26.7 Å². The number of rotatable bonds is 9. The smallest absolute Gasteiger partial charge is 0.246 e. The SMILES string of the molecule is CCN(C)C(=O)[C@H](CC(=O)NC)N(C)C(=O)[C@H](C1CCCC1)N(C)C(=O)C1(N)CC(C)(C)C1. The minimum Gasteiger partial charge on any atom is -0.359 e. The minimum atomic E-state index is -0.965. The maximum Gasteiger partial charge on any atom is 0.246 e. The third-order valence-corrected chi connectivity index (χ3v) is 7.46. The van der Waals surface area contributed by atoms with Crippen molar-refractivity contribution in [2.75, 3.05) is 34.7 Å². The molecule has 188 valence electrons. The van der Waals surface area contributed by atoms with Crippen LogP contribution in [0.5, 0.6) is 0 Å². The molecular weight excluding hydrogens is 422 g/mol. The number of nitrogens with two attached hydrogens (primary N) is 1. The maximum absolute atomic E-state index is 13.9. The maximum atomic E-state index is 13.9. The highest BCUT2D eigenvalue weighted by Crippen LogP contribution is 2.47. The Kier molecular flexibility index (Phi) is 8.54. The molecule has 3 N–H and O–H groups in total. The van der Waals surface area contributed by atoms with Crippen molar-refractivity contribution in [3.8, 4) is 0 Å². The lowest BCUT2D eigenvalue weighted by Crippen LogP contribution is -2.67. The van der Waals surface area contributed by atoms with E-state index in [0.29, 0.717) is 19.4 Å². The van der Waals surface area contributed by atoms with E-state index >= 15 is 0 Å². The highest BCUT2D eigenvalue weighted by Gasteiger charge is 2.54. The number of hydrogen-bond donors (Lipinski definition) is 2. The lowest BCUT2D eigenvalue weighted by Gasteiger charge is -2.52. The number of likely N-dealkylation sites (N-methyl/N-ethyl adjacent to an activating group) is 3. The molecule has 9 nitrogen and oxygen atoms in total. The third-order valence-electron chi connectivity index (χ3n) is 7.46. The zero-order valence-corrected chi connectivity index (χ0v) is 21.4. The monoisotopic (exact) mass is 465 g/mol. The van der Waals surface area contributed by atoms with E-state index in [1.165, 1.54) is 21.7 Å². The second kappa shape index (κ2) is 10.4.